The van der Waals surface area contributed by atoms with E-state index in [-0.39, 0.29) is 23.4 Å². The van der Waals surface area contributed by atoms with Gasteiger partial charge in [-0.1, -0.05) is 27.4 Å². The van der Waals surface area contributed by atoms with E-state index < -0.39 is 5.60 Å². The second-order valence-electron chi connectivity index (χ2n) is 6.27. The Morgan fingerprint density at radius 1 is 1.47 bits per heavy atom. The average molecular weight is 238 g/mol. The van der Waals surface area contributed by atoms with E-state index in [2.05, 4.69) is 20.4 Å². The van der Waals surface area contributed by atoms with E-state index in [0.717, 1.165) is 12.8 Å². The summed E-state index contributed by atoms with van der Waals surface area (Å²) in [5, 5.41) is 10.0. The van der Waals surface area contributed by atoms with Crippen molar-refractivity contribution in [1.82, 2.24) is 0 Å². The number of hydrogen-bond acceptors (Lipinski definition) is 3. The van der Waals surface area contributed by atoms with Crippen LogP contribution in [0, 0.1) is 17.3 Å². The molecule has 4 atom stereocenters. The second kappa shape index (κ2) is 3.58. The van der Waals surface area contributed by atoms with Crippen LogP contribution in [0.2, 0.25) is 0 Å². The molecule has 3 nitrogen and oxygen atoms in total. The molecule has 1 N–H and O–H groups in total. The molecule has 3 aliphatic carbocycles. The molecule has 0 radical (unpaired) electrons. The number of carbonyl (C=O) groups excluding carboxylic acids is 1. The predicted octanol–water partition coefficient (Wildman–Crippen LogP) is 2.29. The van der Waals surface area contributed by atoms with Gasteiger partial charge in [0.15, 0.2) is 0 Å². The highest BCUT2D eigenvalue weighted by Gasteiger charge is 2.69. The first-order chi connectivity index (χ1) is 7.72. The summed E-state index contributed by atoms with van der Waals surface area (Å²) in [6.45, 7) is 11.5. The van der Waals surface area contributed by atoms with Crippen molar-refractivity contribution in [1.29, 1.82) is 0 Å². The number of carbonyl (C=O) groups is 1. The Morgan fingerprint density at radius 3 is 2.53 bits per heavy atom. The first-order valence-electron chi connectivity index (χ1n) is 6.29. The molecule has 0 aromatic rings. The van der Waals surface area contributed by atoms with Crippen LogP contribution in [0.3, 0.4) is 0 Å². The number of ether oxygens (including phenoxy) is 1. The fourth-order valence-electron chi connectivity index (χ4n) is 3.57. The average Bonchev–Trinajstić information content (AvgIpc) is 2.23. The van der Waals surface area contributed by atoms with Crippen molar-refractivity contribution < 1.29 is 14.6 Å². The van der Waals surface area contributed by atoms with E-state index in [1.54, 1.807) is 6.92 Å². The second-order valence-corrected chi connectivity index (χ2v) is 6.27. The third kappa shape index (κ3) is 1.48. The molecule has 3 rings (SSSR count). The van der Waals surface area contributed by atoms with Crippen LogP contribution >= 0.6 is 0 Å². The Kier molecular flexibility index (Phi) is 2.66. The van der Waals surface area contributed by atoms with E-state index in [9.17, 15) is 9.90 Å². The van der Waals surface area contributed by atoms with Crippen LogP contribution in [-0.2, 0) is 9.53 Å². The molecule has 3 fully saturated rings. The minimum Gasteiger partial charge on any atom is -0.455 e. The molecule has 0 heterocycles. The highest BCUT2D eigenvalue weighted by molar-refractivity contribution is 5.87. The van der Waals surface area contributed by atoms with Crippen LogP contribution in [0.15, 0.2) is 12.2 Å². The van der Waals surface area contributed by atoms with Crippen molar-refractivity contribution in [3.8, 4) is 0 Å². The summed E-state index contributed by atoms with van der Waals surface area (Å²) in [5.41, 5.74) is -0.131. The number of fused-ring (bicyclic) bond motifs is 2. The van der Waals surface area contributed by atoms with Crippen molar-refractivity contribution in [3.63, 3.8) is 0 Å². The third-order valence-electron chi connectivity index (χ3n) is 5.12. The van der Waals surface area contributed by atoms with Gasteiger partial charge in [0.05, 0.1) is 6.10 Å². The zero-order valence-electron chi connectivity index (χ0n) is 11.1. The summed E-state index contributed by atoms with van der Waals surface area (Å²) >= 11 is 0. The summed E-state index contributed by atoms with van der Waals surface area (Å²) in [6, 6.07) is 0. The van der Waals surface area contributed by atoms with Crippen LogP contribution in [0.5, 0.6) is 0 Å². The molecule has 96 valence electrons. The van der Waals surface area contributed by atoms with Gasteiger partial charge in [-0.3, -0.25) is 0 Å². The lowest BCUT2D eigenvalue weighted by Gasteiger charge is -2.67. The highest BCUT2D eigenvalue weighted by Crippen LogP contribution is 2.65. The van der Waals surface area contributed by atoms with Crippen molar-refractivity contribution >= 4 is 5.97 Å². The van der Waals surface area contributed by atoms with Crippen LogP contribution in [0.4, 0.5) is 0 Å². The van der Waals surface area contributed by atoms with Gasteiger partial charge in [0.25, 0.3) is 0 Å². The molecule has 0 spiro atoms. The maximum absolute atomic E-state index is 11.8. The number of aliphatic hydroxyl groups is 1. The Morgan fingerprint density at radius 2 is 2.06 bits per heavy atom. The van der Waals surface area contributed by atoms with Gasteiger partial charge in [-0.25, -0.2) is 4.79 Å². The maximum atomic E-state index is 11.8. The van der Waals surface area contributed by atoms with Crippen molar-refractivity contribution in [2.24, 2.45) is 17.3 Å². The molecule has 4 unspecified atom stereocenters. The number of aliphatic hydroxyl groups excluding tert-OH is 1. The number of esters is 1. The molecule has 0 aromatic heterocycles. The Bertz CT molecular complexity index is 372. The molecule has 17 heavy (non-hydrogen) atoms. The Balaban J connectivity index is 2.27. The summed E-state index contributed by atoms with van der Waals surface area (Å²) in [4.78, 5) is 11.8. The predicted molar refractivity (Wildman–Crippen MR) is 65.3 cm³/mol. The summed E-state index contributed by atoms with van der Waals surface area (Å²) in [6.07, 6.45) is 1.33. The molecule has 0 amide bonds. The van der Waals surface area contributed by atoms with E-state index in [0.29, 0.717) is 11.5 Å². The largest absolute Gasteiger partial charge is 0.455 e. The molecular formula is C14H22O3. The van der Waals surface area contributed by atoms with E-state index >= 15 is 0 Å². The van der Waals surface area contributed by atoms with Crippen molar-refractivity contribution in [2.75, 3.05) is 0 Å². The molecular weight excluding hydrogens is 216 g/mol. The highest BCUT2D eigenvalue weighted by atomic mass is 16.6. The van der Waals surface area contributed by atoms with Gasteiger partial charge in [0.1, 0.15) is 5.60 Å². The topological polar surface area (TPSA) is 46.5 Å². The number of hydrogen-bond donors (Lipinski definition) is 1. The monoisotopic (exact) mass is 238 g/mol. The molecule has 0 saturated heterocycles. The minimum atomic E-state index is -0.509. The Labute approximate surface area is 103 Å². The van der Waals surface area contributed by atoms with Crippen molar-refractivity contribution in [2.45, 2.75) is 52.2 Å². The lowest BCUT2D eigenvalue weighted by Crippen LogP contribution is -2.72. The fraction of sp³-hybridized carbons (Fsp3) is 0.786. The molecule has 0 aliphatic heterocycles. The molecule has 3 heteroatoms. The SMILES string of the molecule is C=C(C)C(=O)OC12CC(CC(O)C1C)C2(C)C. The van der Waals surface area contributed by atoms with Gasteiger partial charge >= 0.3 is 5.97 Å². The summed E-state index contributed by atoms with van der Waals surface area (Å²) < 4.78 is 5.71. The van der Waals surface area contributed by atoms with Gasteiger partial charge in [0.2, 0.25) is 0 Å². The van der Waals surface area contributed by atoms with Crippen LogP contribution in [0.25, 0.3) is 0 Å². The third-order valence-corrected chi connectivity index (χ3v) is 5.12. The first kappa shape index (κ1) is 12.6. The Hall–Kier alpha value is -0.830. The summed E-state index contributed by atoms with van der Waals surface area (Å²) in [7, 11) is 0. The lowest BCUT2D eigenvalue weighted by atomic mass is 9.42. The standard InChI is InChI=1S/C14H22O3/c1-8(2)12(16)17-14-7-10(13(14,4)5)6-11(15)9(14)3/h9-11,15H,1,6-7H2,2-5H3. The zero-order chi connectivity index (χ0) is 13.0. The lowest BCUT2D eigenvalue weighted by molar-refractivity contribution is -0.287. The quantitative estimate of drug-likeness (QED) is 0.593. The number of rotatable bonds is 2. The van der Waals surface area contributed by atoms with Gasteiger partial charge in [-0.05, 0) is 25.7 Å². The molecule has 0 aromatic carbocycles. The van der Waals surface area contributed by atoms with Gasteiger partial charge in [0, 0.05) is 16.9 Å². The van der Waals surface area contributed by atoms with E-state index in [4.69, 9.17) is 4.74 Å². The molecule has 2 bridgehead atoms. The van der Waals surface area contributed by atoms with Crippen LogP contribution in [-0.4, -0.2) is 22.8 Å². The maximum Gasteiger partial charge on any atom is 0.333 e. The van der Waals surface area contributed by atoms with E-state index in [1.807, 2.05) is 6.92 Å². The fourth-order valence-corrected chi connectivity index (χ4v) is 3.57. The van der Waals surface area contributed by atoms with Crippen LogP contribution < -0.4 is 0 Å². The van der Waals surface area contributed by atoms with Crippen molar-refractivity contribution in [3.05, 3.63) is 12.2 Å². The first-order valence-corrected chi connectivity index (χ1v) is 6.29. The van der Waals surface area contributed by atoms with Crippen LogP contribution in [0.1, 0.15) is 40.5 Å². The molecule has 3 saturated carbocycles. The normalized spacial score (nSPS) is 42.5. The van der Waals surface area contributed by atoms with Gasteiger partial charge < -0.3 is 9.84 Å². The molecule has 3 aliphatic rings. The van der Waals surface area contributed by atoms with E-state index in [1.165, 1.54) is 0 Å². The minimum absolute atomic E-state index is 0.00852. The summed E-state index contributed by atoms with van der Waals surface area (Å²) in [5.74, 6) is 0.106. The smallest absolute Gasteiger partial charge is 0.333 e. The van der Waals surface area contributed by atoms with Gasteiger partial charge in [-0.2, -0.15) is 0 Å². The van der Waals surface area contributed by atoms with Gasteiger partial charge in [-0.15, -0.1) is 0 Å². The zero-order valence-corrected chi connectivity index (χ0v) is 11.1.